The highest BCUT2D eigenvalue weighted by Crippen LogP contribution is 2.14. The van der Waals surface area contributed by atoms with Crippen molar-refractivity contribution >= 4 is 12.2 Å². The van der Waals surface area contributed by atoms with E-state index in [0.29, 0.717) is 5.82 Å². The Morgan fingerprint density at radius 3 is 2.54 bits per heavy atom. The van der Waals surface area contributed by atoms with Crippen LogP contribution < -0.4 is 10.6 Å². The Kier molecular flexibility index (Phi) is 3.91. The molecule has 0 atom stereocenters. The molecule has 24 heavy (non-hydrogen) atoms. The minimum Gasteiger partial charge on any atom is -0.249 e. The lowest BCUT2D eigenvalue weighted by Gasteiger charge is -2.07. The van der Waals surface area contributed by atoms with E-state index in [4.69, 9.17) is 9.97 Å². The van der Waals surface area contributed by atoms with Gasteiger partial charge in [-0.3, -0.25) is 0 Å². The van der Waals surface area contributed by atoms with E-state index in [1.807, 2.05) is 25.1 Å². The van der Waals surface area contributed by atoms with Crippen LogP contribution in [0.4, 0.5) is 0 Å². The number of hydrogen-bond acceptors (Lipinski definition) is 3. The number of fused-ring (bicyclic) bond motifs is 1. The third kappa shape index (κ3) is 2.98. The number of nitrogens with zero attached hydrogens (tertiary/aromatic N) is 3. The summed E-state index contributed by atoms with van der Waals surface area (Å²) in [5, 5.41) is 2.21. The number of pyridine rings is 1. The summed E-state index contributed by atoms with van der Waals surface area (Å²) in [6.07, 6.45) is 7.36. The standard InChI is InChI=1S/C21H19N3/c1-15-18-11-5-6-12-19(18)24-21(22-15)20-13-7-10-17(23-20)14-16-8-3-2-4-9-16/h2-4,7-13H,5-6,14H2,1H3. The molecule has 118 valence electrons. The van der Waals surface area contributed by atoms with Gasteiger partial charge in [-0.15, -0.1) is 0 Å². The average Bonchev–Trinajstić information content (AvgIpc) is 2.63. The van der Waals surface area contributed by atoms with E-state index in [-0.39, 0.29) is 0 Å². The highest BCUT2D eigenvalue weighted by atomic mass is 14.9. The Labute approximate surface area is 141 Å². The van der Waals surface area contributed by atoms with Crippen LogP contribution in [0.3, 0.4) is 0 Å². The van der Waals surface area contributed by atoms with Crippen molar-refractivity contribution in [2.45, 2.75) is 26.2 Å². The molecule has 0 N–H and O–H groups in total. The summed E-state index contributed by atoms with van der Waals surface area (Å²) in [7, 11) is 0. The molecule has 0 bridgehead atoms. The molecule has 1 aliphatic rings. The molecule has 0 saturated carbocycles. The molecule has 0 amide bonds. The molecule has 0 saturated heterocycles. The molecule has 0 unspecified atom stereocenters. The molecule has 0 spiro atoms. The van der Waals surface area contributed by atoms with Crippen LogP contribution >= 0.6 is 0 Å². The molecule has 0 radical (unpaired) electrons. The van der Waals surface area contributed by atoms with Gasteiger partial charge in [-0.1, -0.05) is 48.6 Å². The summed E-state index contributed by atoms with van der Waals surface area (Å²) in [6.45, 7) is 2.05. The van der Waals surface area contributed by atoms with Crippen molar-refractivity contribution in [3.05, 3.63) is 76.1 Å². The lowest BCUT2D eigenvalue weighted by atomic mass is 10.1. The molecule has 1 aliphatic carbocycles. The second kappa shape index (κ2) is 6.36. The third-order valence-corrected chi connectivity index (χ3v) is 4.28. The number of rotatable bonds is 3. The first-order valence-corrected chi connectivity index (χ1v) is 8.35. The molecule has 4 rings (SSSR count). The predicted molar refractivity (Wildman–Crippen MR) is 96.7 cm³/mol. The molecule has 0 aliphatic heterocycles. The summed E-state index contributed by atoms with van der Waals surface area (Å²) in [5.74, 6) is 0.715. The van der Waals surface area contributed by atoms with Crippen LogP contribution in [-0.4, -0.2) is 15.0 Å². The zero-order valence-corrected chi connectivity index (χ0v) is 13.7. The zero-order valence-electron chi connectivity index (χ0n) is 13.7. The number of hydrogen-bond donors (Lipinski definition) is 0. The minimum absolute atomic E-state index is 0.715. The SMILES string of the molecule is Cc1nc(-c2cccc(Cc3ccccc3)n2)nc2c1=CCCC=2. The van der Waals surface area contributed by atoms with Crippen LogP contribution in [0.1, 0.15) is 29.8 Å². The zero-order chi connectivity index (χ0) is 16.4. The monoisotopic (exact) mass is 313 g/mol. The van der Waals surface area contributed by atoms with E-state index in [1.165, 1.54) is 10.8 Å². The average molecular weight is 313 g/mol. The van der Waals surface area contributed by atoms with Crippen LogP contribution in [0, 0.1) is 6.92 Å². The van der Waals surface area contributed by atoms with Crippen molar-refractivity contribution in [3.8, 4) is 11.5 Å². The molecular weight excluding hydrogens is 294 g/mol. The maximum Gasteiger partial charge on any atom is 0.178 e. The number of aryl methyl sites for hydroxylation is 1. The smallest absolute Gasteiger partial charge is 0.178 e. The Hall–Kier alpha value is -2.81. The second-order valence-electron chi connectivity index (χ2n) is 6.09. The van der Waals surface area contributed by atoms with Gasteiger partial charge < -0.3 is 0 Å². The Balaban J connectivity index is 1.73. The maximum atomic E-state index is 4.78. The Bertz CT molecular complexity index is 991. The Morgan fingerprint density at radius 2 is 1.67 bits per heavy atom. The minimum atomic E-state index is 0.715. The highest BCUT2D eigenvalue weighted by molar-refractivity contribution is 5.51. The molecule has 3 aromatic rings. The first-order chi connectivity index (χ1) is 11.8. The van der Waals surface area contributed by atoms with Gasteiger partial charge in [0.1, 0.15) is 5.69 Å². The van der Waals surface area contributed by atoms with Gasteiger partial charge >= 0.3 is 0 Å². The van der Waals surface area contributed by atoms with Crippen LogP contribution in [0.2, 0.25) is 0 Å². The second-order valence-corrected chi connectivity index (χ2v) is 6.09. The van der Waals surface area contributed by atoms with Gasteiger partial charge in [-0.25, -0.2) is 15.0 Å². The normalized spacial score (nSPS) is 12.9. The van der Waals surface area contributed by atoms with Crippen molar-refractivity contribution in [3.63, 3.8) is 0 Å². The number of aromatic nitrogens is 3. The Morgan fingerprint density at radius 1 is 0.833 bits per heavy atom. The van der Waals surface area contributed by atoms with Crippen molar-refractivity contribution in [2.24, 2.45) is 0 Å². The summed E-state index contributed by atoms with van der Waals surface area (Å²) in [4.78, 5) is 14.2. The van der Waals surface area contributed by atoms with Gasteiger partial charge in [0, 0.05) is 23.0 Å². The molecule has 0 fully saturated rings. The van der Waals surface area contributed by atoms with Gasteiger partial charge in [0.15, 0.2) is 5.82 Å². The van der Waals surface area contributed by atoms with E-state index in [9.17, 15) is 0 Å². The summed E-state index contributed by atoms with van der Waals surface area (Å²) >= 11 is 0. The molecule has 2 aromatic heterocycles. The molecule has 3 nitrogen and oxygen atoms in total. The van der Waals surface area contributed by atoms with E-state index in [0.717, 1.165) is 41.7 Å². The van der Waals surface area contributed by atoms with Crippen molar-refractivity contribution in [1.82, 2.24) is 15.0 Å². The first kappa shape index (κ1) is 14.8. The summed E-state index contributed by atoms with van der Waals surface area (Å²) in [6, 6.07) is 16.5. The lowest BCUT2D eigenvalue weighted by molar-refractivity contribution is 0.987. The molecule has 1 aromatic carbocycles. The first-order valence-electron chi connectivity index (χ1n) is 8.35. The van der Waals surface area contributed by atoms with Gasteiger partial charge in [0.25, 0.3) is 0 Å². The van der Waals surface area contributed by atoms with Crippen LogP contribution in [-0.2, 0) is 6.42 Å². The summed E-state index contributed by atoms with van der Waals surface area (Å²) < 4.78 is 0. The van der Waals surface area contributed by atoms with Crippen molar-refractivity contribution < 1.29 is 0 Å². The van der Waals surface area contributed by atoms with Crippen LogP contribution in [0.15, 0.2) is 48.5 Å². The number of benzene rings is 1. The lowest BCUT2D eigenvalue weighted by Crippen LogP contribution is -2.34. The molecule has 2 heterocycles. The molecule has 3 heteroatoms. The van der Waals surface area contributed by atoms with Gasteiger partial charge in [-0.2, -0.15) is 0 Å². The van der Waals surface area contributed by atoms with E-state index in [1.54, 1.807) is 0 Å². The van der Waals surface area contributed by atoms with Crippen molar-refractivity contribution in [1.29, 1.82) is 0 Å². The van der Waals surface area contributed by atoms with E-state index in [2.05, 4.69) is 47.5 Å². The highest BCUT2D eigenvalue weighted by Gasteiger charge is 2.08. The fraction of sp³-hybridized carbons (Fsp3) is 0.190. The van der Waals surface area contributed by atoms with Gasteiger partial charge in [0.05, 0.1) is 5.35 Å². The quantitative estimate of drug-likeness (QED) is 0.746. The maximum absolute atomic E-state index is 4.78. The van der Waals surface area contributed by atoms with E-state index >= 15 is 0 Å². The fourth-order valence-electron chi connectivity index (χ4n) is 3.08. The van der Waals surface area contributed by atoms with E-state index < -0.39 is 0 Å². The molecular formula is C21H19N3. The predicted octanol–water partition coefficient (Wildman–Crippen LogP) is 2.79. The van der Waals surface area contributed by atoms with Gasteiger partial charge in [0.2, 0.25) is 0 Å². The topological polar surface area (TPSA) is 38.7 Å². The van der Waals surface area contributed by atoms with Gasteiger partial charge in [-0.05, 0) is 37.5 Å². The largest absolute Gasteiger partial charge is 0.249 e. The van der Waals surface area contributed by atoms with Crippen molar-refractivity contribution in [2.75, 3.05) is 0 Å². The third-order valence-electron chi connectivity index (χ3n) is 4.28. The van der Waals surface area contributed by atoms with Crippen LogP contribution in [0.5, 0.6) is 0 Å². The van der Waals surface area contributed by atoms with Crippen LogP contribution in [0.25, 0.3) is 23.7 Å². The summed E-state index contributed by atoms with van der Waals surface area (Å²) in [5.41, 5.74) is 4.16. The fourth-order valence-corrected chi connectivity index (χ4v) is 3.08.